The largest absolute Gasteiger partial charge is 0.396 e. The van der Waals surface area contributed by atoms with Crippen molar-refractivity contribution in [3.8, 4) is 0 Å². The highest BCUT2D eigenvalue weighted by molar-refractivity contribution is 5.76. The predicted octanol–water partition coefficient (Wildman–Crippen LogP) is 2.29. The molecule has 1 amide bonds. The molecule has 2 atom stereocenters. The van der Waals surface area contributed by atoms with E-state index in [4.69, 9.17) is 5.11 Å². The lowest BCUT2D eigenvalue weighted by Gasteiger charge is -2.32. The number of carbonyl (C=O) groups is 1. The number of aliphatic hydroxyl groups is 1. The standard InChI is InChI=1S/C14H27NO2/c1-11(2)7-12(3)8-14(17)15-6-4-5-13(9-15)10-16/h11-13,16H,4-10H2,1-3H3. The minimum atomic E-state index is 0.214. The van der Waals surface area contributed by atoms with Gasteiger partial charge in [-0.05, 0) is 37.0 Å². The topological polar surface area (TPSA) is 40.5 Å². The van der Waals surface area contributed by atoms with Crippen LogP contribution in [0.4, 0.5) is 0 Å². The molecule has 1 N–H and O–H groups in total. The van der Waals surface area contributed by atoms with Gasteiger partial charge in [-0.3, -0.25) is 4.79 Å². The zero-order valence-electron chi connectivity index (χ0n) is 11.5. The van der Waals surface area contributed by atoms with Crippen LogP contribution in [-0.2, 0) is 4.79 Å². The summed E-state index contributed by atoms with van der Waals surface area (Å²) in [4.78, 5) is 14.0. The normalized spacial score (nSPS) is 22.9. The SMILES string of the molecule is CC(C)CC(C)CC(=O)N1CCCC(CO)C1. The summed E-state index contributed by atoms with van der Waals surface area (Å²) < 4.78 is 0. The lowest BCUT2D eigenvalue weighted by atomic mass is 9.94. The van der Waals surface area contributed by atoms with Gasteiger partial charge in [0.15, 0.2) is 0 Å². The third-order valence-electron chi connectivity index (χ3n) is 3.53. The lowest BCUT2D eigenvalue weighted by molar-refractivity contribution is -0.134. The quantitative estimate of drug-likeness (QED) is 0.802. The minimum Gasteiger partial charge on any atom is -0.396 e. The summed E-state index contributed by atoms with van der Waals surface area (Å²) in [7, 11) is 0. The van der Waals surface area contributed by atoms with Crippen LogP contribution in [0.15, 0.2) is 0 Å². The van der Waals surface area contributed by atoms with Gasteiger partial charge < -0.3 is 10.0 Å². The molecule has 1 aliphatic rings. The number of rotatable bonds is 5. The fourth-order valence-corrected chi connectivity index (χ4v) is 2.76. The van der Waals surface area contributed by atoms with Crippen molar-refractivity contribution in [1.29, 1.82) is 0 Å². The molecule has 0 saturated carbocycles. The minimum absolute atomic E-state index is 0.214. The second kappa shape index (κ2) is 7.00. The molecule has 0 spiro atoms. The molecule has 100 valence electrons. The van der Waals surface area contributed by atoms with Gasteiger partial charge in [0, 0.05) is 26.1 Å². The van der Waals surface area contributed by atoms with Crippen molar-refractivity contribution in [3.05, 3.63) is 0 Å². The van der Waals surface area contributed by atoms with Crippen LogP contribution >= 0.6 is 0 Å². The highest BCUT2D eigenvalue weighted by Crippen LogP contribution is 2.20. The van der Waals surface area contributed by atoms with Gasteiger partial charge in [0.05, 0.1) is 0 Å². The summed E-state index contributed by atoms with van der Waals surface area (Å²) in [5.74, 6) is 1.70. The van der Waals surface area contributed by atoms with Gasteiger partial charge in [-0.25, -0.2) is 0 Å². The highest BCUT2D eigenvalue weighted by Gasteiger charge is 2.24. The lowest BCUT2D eigenvalue weighted by Crippen LogP contribution is -2.41. The highest BCUT2D eigenvalue weighted by atomic mass is 16.3. The van der Waals surface area contributed by atoms with Crippen LogP contribution < -0.4 is 0 Å². The maximum atomic E-state index is 12.1. The van der Waals surface area contributed by atoms with Gasteiger partial charge in [0.2, 0.25) is 5.91 Å². The number of likely N-dealkylation sites (tertiary alicyclic amines) is 1. The molecule has 0 bridgehead atoms. The molecule has 0 aromatic carbocycles. The van der Waals surface area contributed by atoms with Crippen LogP contribution in [0, 0.1) is 17.8 Å². The summed E-state index contributed by atoms with van der Waals surface area (Å²) >= 11 is 0. The Hall–Kier alpha value is -0.570. The van der Waals surface area contributed by atoms with Crippen molar-refractivity contribution in [1.82, 2.24) is 4.90 Å². The Morgan fingerprint density at radius 1 is 1.41 bits per heavy atom. The van der Waals surface area contributed by atoms with E-state index in [1.54, 1.807) is 0 Å². The van der Waals surface area contributed by atoms with Gasteiger partial charge >= 0.3 is 0 Å². The molecular formula is C14H27NO2. The average molecular weight is 241 g/mol. The van der Waals surface area contributed by atoms with Gasteiger partial charge in [-0.15, -0.1) is 0 Å². The Morgan fingerprint density at radius 2 is 2.12 bits per heavy atom. The van der Waals surface area contributed by atoms with Crippen LogP contribution in [0.5, 0.6) is 0 Å². The predicted molar refractivity (Wildman–Crippen MR) is 69.6 cm³/mol. The molecular weight excluding hydrogens is 214 g/mol. The third kappa shape index (κ3) is 5.07. The van der Waals surface area contributed by atoms with Crippen molar-refractivity contribution in [2.75, 3.05) is 19.7 Å². The molecule has 17 heavy (non-hydrogen) atoms. The first kappa shape index (κ1) is 14.5. The monoisotopic (exact) mass is 241 g/mol. The number of nitrogens with zero attached hydrogens (tertiary/aromatic N) is 1. The van der Waals surface area contributed by atoms with Crippen molar-refractivity contribution in [3.63, 3.8) is 0 Å². The van der Waals surface area contributed by atoms with E-state index in [1.165, 1.54) is 0 Å². The van der Waals surface area contributed by atoms with Crippen LogP contribution in [0.2, 0.25) is 0 Å². The number of amides is 1. The Bertz CT molecular complexity index is 240. The van der Waals surface area contributed by atoms with E-state index in [-0.39, 0.29) is 12.5 Å². The van der Waals surface area contributed by atoms with Gasteiger partial charge in [-0.2, -0.15) is 0 Å². The van der Waals surface area contributed by atoms with E-state index in [0.717, 1.165) is 32.4 Å². The summed E-state index contributed by atoms with van der Waals surface area (Å²) in [6.07, 6.45) is 3.87. The van der Waals surface area contributed by atoms with Crippen molar-refractivity contribution in [2.45, 2.75) is 46.5 Å². The molecule has 1 saturated heterocycles. The molecule has 1 rings (SSSR count). The smallest absolute Gasteiger partial charge is 0.222 e. The summed E-state index contributed by atoms with van der Waals surface area (Å²) in [6, 6.07) is 0. The number of carbonyl (C=O) groups excluding carboxylic acids is 1. The van der Waals surface area contributed by atoms with Crippen LogP contribution in [0.25, 0.3) is 0 Å². The van der Waals surface area contributed by atoms with E-state index < -0.39 is 0 Å². The first-order valence-corrected chi connectivity index (χ1v) is 6.91. The van der Waals surface area contributed by atoms with E-state index in [0.29, 0.717) is 24.2 Å². The fraction of sp³-hybridized carbons (Fsp3) is 0.929. The van der Waals surface area contributed by atoms with Crippen LogP contribution in [0.3, 0.4) is 0 Å². The van der Waals surface area contributed by atoms with Crippen molar-refractivity contribution in [2.24, 2.45) is 17.8 Å². The first-order valence-electron chi connectivity index (χ1n) is 6.91. The molecule has 2 unspecified atom stereocenters. The summed E-state index contributed by atoms with van der Waals surface area (Å²) in [5.41, 5.74) is 0. The third-order valence-corrected chi connectivity index (χ3v) is 3.53. The molecule has 1 aliphatic heterocycles. The van der Waals surface area contributed by atoms with Gasteiger partial charge in [0.1, 0.15) is 0 Å². The molecule has 3 heteroatoms. The molecule has 0 aromatic rings. The number of aliphatic hydroxyl groups excluding tert-OH is 1. The Morgan fingerprint density at radius 3 is 2.71 bits per heavy atom. The second-order valence-corrected chi connectivity index (χ2v) is 5.97. The number of hydrogen-bond donors (Lipinski definition) is 1. The second-order valence-electron chi connectivity index (χ2n) is 5.97. The number of piperidine rings is 1. The first-order chi connectivity index (χ1) is 8.02. The van der Waals surface area contributed by atoms with Crippen molar-refractivity contribution >= 4 is 5.91 Å². The zero-order valence-corrected chi connectivity index (χ0v) is 11.5. The van der Waals surface area contributed by atoms with Crippen LogP contribution in [0.1, 0.15) is 46.5 Å². The molecule has 0 aromatic heterocycles. The molecule has 1 heterocycles. The zero-order chi connectivity index (χ0) is 12.8. The molecule has 0 radical (unpaired) electrons. The van der Waals surface area contributed by atoms with Crippen molar-refractivity contribution < 1.29 is 9.90 Å². The molecule has 1 fully saturated rings. The van der Waals surface area contributed by atoms with Gasteiger partial charge in [-0.1, -0.05) is 20.8 Å². The van der Waals surface area contributed by atoms with E-state index in [9.17, 15) is 4.79 Å². The molecule has 3 nitrogen and oxygen atoms in total. The number of hydrogen-bond acceptors (Lipinski definition) is 2. The van der Waals surface area contributed by atoms with E-state index in [2.05, 4.69) is 20.8 Å². The maximum Gasteiger partial charge on any atom is 0.222 e. The summed E-state index contributed by atoms with van der Waals surface area (Å²) in [6.45, 7) is 8.40. The van der Waals surface area contributed by atoms with Gasteiger partial charge in [0.25, 0.3) is 0 Å². The Labute approximate surface area is 105 Å². The fourth-order valence-electron chi connectivity index (χ4n) is 2.76. The summed E-state index contributed by atoms with van der Waals surface area (Å²) in [5, 5.41) is 9.15. The Balaban J connectivity index is 2.36. The Kier molecular flexibility index (Phi) is 5.96. The van der Waals surface area contributed by atoms with Crippen LogP contribution in [-0.4, -0.2) is 35.6 Å². The average Bonchev–Trinajstić information content (AvgIpc) is 2.27. The molecule has 0 aliphatic carbocycles. The van der Waals surface area contributed by atoms with E-state index in [1.807, 2.05) is 4.90 Å². The van der Waals surface area contributed by atoms with E-state index >= 15 is 0 Å². The maximum absolute atomic E-state index is 12.1.